The summed E-state index contributed by atoms with van der Waals surface area (Å²) in [6.45, 7) is 6.26. The monoisotopic (exact) mass is 320 g/mol. The molecule has 5 nitrogen and oxygen atoms in total. The number of rotatable bonds is 8. The third-order valence-electron chi connectivity index (χ3n) is 2.75. The van der Waals surface area contributed by atoms with Gasteiger partial charge in [-0.25, -0.2) is 0 Å². The van der Waals surface area contributed by atoms with Gasteiger partial charge in [0.1, 0.15) is 5.01 Å². The third-order valence-corrected chi connectivity index (χ3v) is 3.65. The summed E-state index contributed by atoms with van der Waals surface area (Å²) in [7, 11) is 0. The number of unbranched alkanes of at least 4 members (excludes halogenated alkanes) is 2. The van der Waals surface area contributed by atoms with Gasteiger partial charge < -0.3 is 5.73 Å². The predicted molar refractivity (Wildman–Crippen MR) is 86.4 cm³/mol. The number of hydrogen-bond donors (Lipinski definition) is 2. The fraction of sp³-hybridized carbons (Fsp3) is 0.769. The van der Waals surface area contributed by atoms with Gasteiger partial charge in [-0.2, -0.15) is 0 Å². The van der Waals surface area contributed by atoms with Crippen LogP contribution in [0.2, 0.25) is 0 Å². The van der Waals surface area contributed by atoms with Crippen molar-refractivity contribution in [3.05, 3.63) is 5.01 Å². The summed E-state index contributed by atoms with van der Waals surface area (Å²) in [5, 5.41) is 12.3. The maximum absolute atomic E-state index is 11.8. The maximum Gasteiger partial charge on any atom is 0.243 e. The Balaban J connectivity index is 0.00000361. The number of nitrogens with zero attached hydrogens (tertiary/aromatic N) is 2. The number of carbonyl (C=O) groups is 1. The Morgan fingerprint density at radius 2 is 2.05 bits per heavy atom. The topological polar surface area (TPSA) is 80.9 Å². The number of hydrogen-bond acceptors (Lipinski definition) is 5. The number of aromatic nitrogens is 2. The highest BCUT2D eigenvalue weighted by Crippen LogP contribution is 2.18. The summed E-state index contributed by atoms with van der Waals surface area (Å²) in [6, 6.07) is -0.479. The van der Waals surface area contributed by atoms with E-state index in [2.05, 4.69) is 22.4 Å². The van der Waals surface area contributed by atoms with E-state index in [4.69, 9.17) is 5.73 Å². The maximum atomic E-state index is 11.8. The summed E-state index contributed by atoms with van der Waals surface area (Å²) in [6.07, 6.45) is 5.10. The van der Waals surface area contributed by atoms with E-state index in [1.54, 1.807) is 0 Å². The zero-order valence-electron chi connectivity index (χ0n) is 12.4. The van der Waals surface area contributed by atoms with Crippen molar-refractivity contribution in [3.63, 3.8) is 0 Å². The summed E-state index contributed by atoms with van der Waals surface area (Å²) >= 11 is 1.44. The second kappa shape index (κ2) is 10.1. The van der Waals surface area contributed by atoms with Crippen LogP contribution in [0.15, 0.2) is 0 Å². The Hall–Kier alpha value is -0.720. The Bertz CT molecular complexity index is 397. The number of nitrogens with two attached hydrogens (primary N) is 1. The molecule has 1 aromatic heterocycles. The van der Waals surface area contributed by atoms with E-state index in [0.717, 1.165) is 17.8 Å². The van der Waals surface area contributed by atoms with Crippen molar-refractivity contribution in [2.24, 2.45) is 11.7 Å². The summed E-state index contributed by atoms with van der Waals surface area (Å²) in [4.78, 5) is 11.8. The van der Waals surface area contributed by atoms with E-state index in [9.17, 15) is 4.79 Å². The molecule has 0 radical (unpaired) electrons. The molecule has 0 spiro atoms. The number of carbonyl (C=O) groups excluding carboxylic acids is 1. The lowest BCUT2D eigenvalue weighted by molar-refractivity contribution is -0.117. The highest BCUT2D eigenvalue weighted by Gasteiger charge is 2.16. The molecule has 0 unspecified atom stereocenters. The molecule has 0 bridgehead atoms. The van der Waals surface area contributed by atoms with Crippen molar-refractivity contribution in [2.45, 2.75) is 58.9 Å². The zero-order valence-corrected chi connectivity index (χ0v) is 14.0. The van der Waals surface area contributed by atoms with Crippen LogP contribution in [0, 0.1) is 5.92 Å². The van der Waals surface area contributed by atoms with Crippen LogP contribution in [0.4, 0.5) is 5.13 Å². The molecule has 1 rings (SSSR count). The van der Waals surface area contributed by atoms with Gasteiger partial charge >= 0.3 is 0 Å². The average molecular weight is 321 g/mol. The highest BCUT2D eigenvalue weighted by atomic mass is 35.5. The van der Waals surface area contributed by atoms with Crippen LogP contribution in [-0.2, 0) is 11.2 Å². The first kappa shape index (κ1) is 19.3. The number of nitrogens with one attached hydrogen (secondary N) is 1. The zero-order chi connectivity index (χ0) is 14.3. The van der Waals surface area contributed by atoms with Gasteiger partial charge in [0.15, 0.2) is 0 Å². The molecule has 20 heavy (non-hydrogen) atoms. The van der Waals surface area contributed by atoms with Crippen LogP contribution in [-0.4, -0.2) is 22.1 Å². The largest absolute Gasteiger partial charge is 0.320 e. The normalized spacial score (nSPS) is 12.1. The van der Waals surface area contributed by atoms with E-state index in [0.29, 0.717) is 17.5 Å². The summed E-state index contributed by atoms with van der Waals surface area (Å²) in [5.41, 5.74) is 5.82. The lowest BCUT2D eigenvalue weighted by Gasteiger charge is -2.12. The van der Waals surface area contributed by atoms with Crippen LogP contribution in [0.25, 0.3) is 0 Å². The van der Waals surface area contributed by atoms with E-state index >= 15 is 0 Å². The molecule has 0 aliphatic rings. The number of amides is 1. The molecule has 0 saturated carbocycles. The van der Waals surface area contributed by atoms with Crippen molar-refractivity contribution in [2.75, 3.05) is 5.32 Å². The van der Waals surface area contributed by atoms with Gasteiger partial charge in [-0.15, -0.1) is 22.6 Å². The molecule has 0 fully saturated rings. The van der Waals surface area contributed by atoms with E-state index in [-0.39, 0.29) is 18.3 Å². The highest BCUT2D eigenvalue weighted by molar-refractivity contribution is 7.15. The molecule has 0 aliphatic heterocycles. The van der Waals surface area contributed by atoms with Crippen LogP contribution >= 0.6 is 23.7 Å². The lowest BCUT2D eigenvalue weighted by Crippen LogP contribution is -2.36. The molecule has 0 saturated heterocycles. The quantitative estimate of drug-likeness (QED) is 0.721. The van der Waals surface area contributed by atoms with Crippen LogP contribution < -0.4 is 11.1 Å². The van der Waals surface area contributed by atoms with E-state index in [1.165, 1.54) is 24.2 Å². The van der Waals surface area contributed by atoms with E-state index < -0.39 is 6.04 Å². The van der Waals surface area contributed by atoms with Gasteiger partial charge in [0.05, 0.1) is 6.04 Å². The molecule has 116 valence electrons. The average Bonchev–Trinajstić information content (AvgIpc) is 2.76. The molecule has 1 heterocycles. The lowest BCUT2D eigenvalue weighted by atomic mass is 10.0. The number of anilines is 1. The fourth-order valence-electron chi connectivity index (χ4n) is 1.74. The van der Waals surface area contributed by atoms with Crippen molar-refractivity contribution < 1.29 is 4.79 Å². The first-order chi connectivity index (χ1) is 9.02. The summed E-state index contributed by atoms with van der Waals surface area (Å²) in [5.74, 6) is 0.227. The van der Waals surface area contributed by atoms with Crippen molar-refractivity contribution in [1.82, 2.24) is 10.2 Å². The van der Waals surface area contributed by atoms with Gasteiger partial charge in [0.25, 0.3) is 0 Å². The second-order valence-corrected chi connectivity index (χ2v) is 6.25. The van der Waals surface area contributed by atoms with Gasteiger partial charge in [0.2, 0.25) is 11.0 Å². The number of aryl methyl sites for hydroxylation is 1. The molecule has 1 amide bonds. The Morgan fingerprint density at radius 1 is 1.35 bits per heavy atom. The molecule has 3 N–H and O–H groups in total. The number of halogens is 1. The fourth-order valence-corrected chi connectivity index (χ4v) is 2.53. The molecular weight excluding hydrogens is 296 g/mol. The van der Waals surface area contributed by atoms with Crippen LogP contribution in [0.3, 0.4) is 0 Å². The van der Waals surface area contributed by atoms with E-state index in [1.807, 2.05) is 13.8 Å². The van der Waals surface area contributed by atoms with Crippen molar-refractivity contribution in [3.8, 4) is 0 Å². The van der Waals surface area contributed by atoms with Gasteiger partial charge in [-0.1, -0.05) is 44.9 Å². The Labute approximate surface area is 131 Å². The van der Waals surface area contributed by atoms with Crippen molar-refractivity contribution >= 4 is 34.8 Å². The molecule has 7 heteroatoms. The SMILES string of the molecule is CCCCCc1nnc(NC(=O)[C@@H](N)CC(C)C)s1.Cl. The standard InChI is InChI=1S/C13H24N4OS.ClH/c1-4-5-6-7-11-16-17-13(19-11)15-12(18)10(14)8-9(2)3;/h9-10H,4-8,14H2,1-3H3,(H,15,17,18);1H/t10-;/m0./s1. The minimum Gasteiger partial charge on any atom is -0.320 e. The minimum atomic E-state index is -0.479. The third kappa shape index (κ3) is 7.17. The molecule has 0 aliphatic carbocycles. The molecule has 0 aromatic carbocycles. The molecule has 1 atom stereocenters. The Kier molecular flexibility index (Phi) is 9.71. The Morgan fingerprint density at radius 3 is 2.65 bits per heavy atom. The van der Waals surface area contributed by atoms with Gasteiger partial charge in [-0.05, 0) is 18.8 Å². The smallest absolute Gasteiger partial charge is 0.243 e. The van der Waals surface area contributed by atoms with Gasteiger partial charge in [-0.3, -0.25) is 10.1 Å². The van der Waals surface area contributed by atoms with Crippen LogP contribution in [0.1, 0.15) is 51.5 Å². The minimum absolute atomic E-state index is 0. The first-order valence-corrected chi connectivity index (χ1v) is 7.73. The van der Waals surface area contributed by atoms with Crippen LogP contribution in [0.5, 0.6) is 0 Å². The molecular formula is C13H25ClN4OS. The molecule has 1 aromatic rings. The first-order valence-electron chi connectivity index (χ1n) is 6.91. The van der Waals surface area contributed by atoms with Gasteiger partial charge in [0, 0.05) is 6.42 Å². The van der Waals surface area contributed by atoms with Crippen molar-refractivity contribution in [1.29, 1.82) is 0 Å². The summed E-state index contributed by atoms with van der Waals surface area (Å²) < 4.78 is 0. The predicted octanol–water partition coefficient (Wildman–Crippen LogP) is 3.00. The second-order valence-electron chi connectivity index (χ2n) is 5.18.